The van der Waals surface area contributed by atoms with Gasteiger partial charge in [-0.3, -0.25) is 4.55 Å². The van der Waals surface area contributed by atoms with Gasteiger partial charge >= 0.3 is 10.4 Å². The zero-order chi connectivity index (χ0) is 23.3. The standard InChI is InChI=1S/C27H48O4S/c1-18(2)7-6-8-19(3)23-11-12-24-22-10-9-20-17-21(31-32(28,29)30)13-15-26(20,4)25(22)14-16-27(23,24)5/h18-25H,6-17H2,1-5H3,(H,28,29,30)/t19-,20+,21-,22+,23+,24-,25+,26+,27+/m1/s1. The van der Waals surface area contributed by atoms with Gasteiger partial charge in [-0.1, -0.05) is 53.9 Å². The van der Waals surface area contributed by atoms with Crippen molar-refractivity contribution in [1.82, 2.24) is 0 Å². The Hall–Kier alpha value is -0.130. The average molecular weight is 469 g/mol. The second-order valence-corrected chi connectivity index (χ2v) is 14.2. The molecule has 4 aliphatic carbocycles. The average Bonchev–Trinajstić information content (AvgIpc) is 3.04. The van der Waals surface area contributed by atoms with Crippen molar-refractivity contribution < 1.29 is 17.2 Å². The fraction of sp³-hybridized carbons (Fsp3) is 1.00. The monoisotopic (exact) mass is 468 g/mol. The first-order chi connectivity index (χ1) is 14.9. The lowest BCUT2D eigenvalue weighted by atomic mass is 9.44. The normalized spacial score (nSPS) is 45.2. The van der Waals surface area contributed by atoms with E-state index in [9.17, 15) is 8.42 Å². The van der Waals surface area contributed by atoms with Crippen molar-refractivity contribution in [2.75, 3.05) is 0 Å². The third kappa shape index (κ3) is 4.69. The molecule has 4 fully saturated rings. The highest BCUT2D eigenvalue weighted by Gasteiger charge is 2.60. The third-order valence-corrected chi connectivity index (χ3v) is 11.6. The van der Waals surface area contributed by atoms with Crippen LogP contribution in [0.2, 0.25) is 0 Å². The summed E-state index contributed by atoms with van der Waals surface area (Å²) in [6, 6.07) is 0. The SMILES string of the molecule is CC(C)CCC[C@@H](C)[C@@H]1CC[C@@H]2[C@@H]3CC[C@H]4C[C@H](OS(=O)(=O)O)CC[C@]4(C)[C@H]3CC[C@]21C. The van der Waals surface area contributed by atoms with Gasteiger partial charge in [0.2, 0.25) is 0 Å². The summed E-state index contributed by atoms with van der Waals surface area (Å²) in [7, 11) is -4.35. The highest BCUT2D eigenvalue weighted by molar-refractivity contribution is 7.80. The number of rotatable bonds is 7. The van der Waals surface area contributed by atoms with Crippen molar-refractivity contribution in [3.63, 3.8) is 0 Å². The summed E-state index contributed by atoms with van der Waals surface area (Å²) in [6.07, 6.45) is 14.5. The first-order valence-electron chi connectivity index (χ1n) is 13.6. The molecule has 4 rings (SSSR count). The molecule has 0 bridgehead atoms. The van der Waals surface area contributed by atoms with Crippen LogP contribution in [0.5, 0.6) is 0 Å². The Labute approximate surface area is 197 Å². The van der Waals surface area contributed by atoms with Gasteiger partial charge in [0.05, 0.1) is 6.10 Å². The van der Waals surface area contributed by atoms with E-state index >= 15 is 0 Å². The first kappa shape index (κ1) is 25.0. The van der Waals surface area contributed by atoms with Gasteiger partial charge in [-0.15, -0.1) is 0 Å². The van der Waals surface area contributed by atoms with Gasteiger partial charge in [-0.05, 0) is 110 Å². The minimum absolute atomic E-state index is 0.310. The van der Waals surface area contributed by atoms with Crippen LogP contribution in [0.15, 0.2) is 0 Å². The summed E-state index contributed by atoms with van der Waals surface area (Å²) in [5.74, 6) is 5.59. The molecule has 0 radical (unpaired) electrons. The maximum absolute atomic E-state index is 11.2. The Kier molecular flexibility index (Phi) is 7.14. The second kappa shape index (κ2) is 9.15. The van der Waals surface area contributed by atoms with E-state index in [1.54, 1.807) is 0 Å². The lowest BCUT2D eigenvalue weighted by Crippen LogP contribution is -2.54. The van der Waals surface area contributed by atoms with E-state index in [1.807, 2.05) is 0 Å². The van der Waals surface area contributed by atoms with E-state index in [1.165, 1.54) is 57.8 Å². The predicted octanol–water partition coefficient (Wildman–Crippen LogP) is 7.30. The quantitative estimate of drug-likeness (QED) is 0.398. The van der Waals surface area contributed by atoms with Crippen molar-refractivity contribution in [3.8, 4) is 0 Å². The summed E-state index contributed by atoms with van der Waals surface area (Å²) in [5.41, 5.74) is 0.831. The molecule has 4 saturated carbocycles. The van der Waals surface area contributed by atoms with E-state index < -0.39 is 10.4 Å². The van der Waals surface area contributed by atoms with E-state index in [2.05, 4.69) is 34.6 Å². The molecular weight excluding hydrogens is 420 g/mol. The summed E-state index contributed by atoms with van der Waals surface area (Å²) in [6.45, 7) is 12.4. The Morgan fingerprint density at radius 1 is 0.906 bits per heavy atom. The molecule has 0 aromatic heterocycles. The molecule has 0 saturated heterocycles. The van der Waals surface area contributed by atoms with Crippen molar-refractivity contribution in [1.29, 1.82) is 0 Å². The smallest absolute Gasteiger partial charge is 0.264 e. The van der Waals surface area contributed by atoms with Gasteiger partial charge in [0.15, 0.2) is 0 Å². The van der Waals surface area contributed by atoms with Crippen LogP contribution in [-0.2, 0) is 14.6 Å². The zero-order valence-electron chi connectivity index (χ0n) is 21.2. The van der Waals surface area contributed by atoms with E-state index in [4.69, 9.17) is 8.74 Å². The molecule has 0 aromatic carbocycles. The summed E-state index contributed by atoms with van der Waals surface area (Å²) in [4.78, 5) is 0. The van der Waals surface area contributed by atoms with Crippen molar-refractivity contribution in [2.45, 2.75) is 118 Å². The van der Waals surface area contributed by atoms with Gasteiger partial charge in [0.1, 0.15) is 0 Å². The molecule has 0 amide bonds. The maximum atomic E-state index is 11.2. The van der Waals surface area contributed by atoms with E-state index in [-0.39, 0.29) is 6.10 Å². The number of hydrogen-bond donors (Lipinski definition) is 1. The molecule has 0 heterocycles. The second-order valence-electron chi connectivity index (χ2n) is 13.1. The Bertz CT molecular complexity index is 764. The molecule has 1 N–H and O–H groups in total. The van der Waals surface area contributed by atoms with Crippen LogP contribution in [-0.4, -0.2) is 19.1 Å². The molecule has 9 atom stereocenters. The van der Waals surface area contributed by atoms with Crippen molar-refractivity contribution in [2.24, 2.45) is 52.3 Å². The summed E-state index contributed by atoms with van der Waals surface area (Å²) >= 11 is 0. The van der Waals surface area contributed by atoms with E-state index in [0.29, 0.717) is 16.7 Å². The molecule has 0 aromatic rings. The van der Waals surface area contributed by atoms with Gasteiger partial charge < -0.3 is 0 Å². The predicted molar refractivity (Wildman–Crippen MR) is 129 cm³/mol. The molecular formula is C27H48O4S. The largest absolute Gasteiger partial charge is 0.397 e. The molecule has 5 heteroatoms. The lowest BCUT2D eigenvalue weighted by Gasteiger charge is -2.61. The van der Waals surface area contributed by atoms with Crippen LogP contribution in [0.25, 0.3) is 0 Å². The van der Waals surface area contributed by atoms with Crippen molar-refractivity contribution in [3.05, 3.63) is 0 Å². The highest BCUT2D eigenvalue weighted by atomic mass is 32.3. The van der Waals surface area contributed by atoms with Crippen LogP contribution in [0.3, 0.4) is 0 Å². The van der Waals surface area contributed by atoms with E-state index in [0.717, 1.165) is 54.8 Å². The van der Waals surface area contributed by atoms with Gasteiger partial charge in [0.25, 0.3) is 0 Å². The van der Waals surface area contributed by atoms with Crippen LogP contribution in [0.1, 0.15) is 112 Å². The number of hydrogen-bond acceptors (Lipinski definition) is 3. The van der Waals surface area contributed by atoms with Gasteiger partial charge in [-0.25, -0.2) is 4.18 Å². The summed E-state index contributed by atoms with van der Waals surface area (Å²) < 4.78 is 36.6. The molecule has 32 heavy (non-hydrogen) atoms. The zero-order valence-corrected chi connectivity index (χ0v) is 22.0. The number of fused-ring (bicyclic) bond motifs is 5. The van der Waals surface area contributed by atoms with Crippen LogP contribution in [0.4, 0.5) is 0 Å². The van der Waals surface area contributed by atoms with Gasteiger partial charge in [-0.2, -0.15) is 8.42 Å². The molecule has 0 aliphatic heterocycles. The minimum Gasteiger partial charge on any atom is -0.264 e. The minimum atomic E-state index is -4.35. The lowest BCUT2D eigenvalue weighted by molar-refractivity contribution is -0.127. The summed E-state index contributed by atoms with van der Waals surface area (Å²) in [5, 5.41) is 0. The van der Waals surface area contributed by atoms with Crippen LogP contribution >= 0.6 is 0 Å². The van der Waals surface area contributed by atoms with Crippen molar-refractivity contribution >= 4 is 10.4 Å². The fourth-order valence-corrected chi connectivity index (χ4v) is 10.0. The Balaban J connectivity index is 1.43. The first-order valence-corrected chi connectivity index (χ1v) is 15.0. The van der Waals surface area contributed by atoms with Crippen LogP contribution < -0.4 is 0 Å². The molecule has 186 valence electrons. The maximum Gasteiger partial charge on any atom is 0.397 e. The Morgan fingerprint density at radius 3 is 2.28 bits per heavy atom. The molecule has 4 nitrogen and oxygen atoms in total. The molecule has 0 spiro atoms. The highest BCUT2D eigenvalue weighted by Crippen LogP contribution is 2.68. The van der Waals surface area contributed by atoms with Crippen LogP contribution in [0, 0.1) is 52.3 Å². The topological polar surface area (TPSA) is 63.6 Å². The fourth-order valence-electron chi connectivity index (χ4n) is 9.50. The van der Waals surface area contributed by atoms with Gasteiger partial charge in [0, 0.05) is 0 Å². The molecule has 0 unspecified atom stereocenters. The third-order valence-electron chi connectivity index (χ3n) is 11.1. The Morgan fingerprint density at radius 2 is 1.59 bits per heavy atom. The molecule has 4 aliphatic rings.